The molecule has 9 heteroatoms. The molecule has 160 valence electrons. The minimum absolute atomic E-state index is 0.119. The Balaban J connectivity index is 1.93. The van der Waals surface area contributed by atoms with E-state index in [1.807, 2.05) is 0 Å². The monoisotopic (exact) mass is 437 g/mol. The molecule has 0 unspecified atom stereocenters. The first-order chi connectivity index (χ1) is 13.7. The third-order valence-corrected chi connectivity index (χ3v) is 5.92. The number of aromatic nitrogens is 1. The number of pyridine rings is 1. The number of anilines is 2. The number of benzene rings is 2. The van der Waals surface area contributed by atoms with E-state index in [1.165, 1.54) is 18.2 Å². The summed E-state index contributed by atoms with van der Waals surface area (Å²) in [5.41, 5.74) is 0.573. The molecule has 0 spiro atoms. The van der Waals surface area contributed by atoms with E-state index < -0.39 is 27.3 Å². The molecule has 0 radical (unpaired) electrons. The molecule has 1 aromatic heterocycles. The van der Waals surface area contributed by atoms with Crippen molar-refractivity contribution in [2.45, 2.75) is 44.3 Å². The van der Waals surface area contributed by atoms with E-state index in [0.29, 0.717) is 22.5 Å². The highest BCUT2D eigenvalue weighted by Gasteiger charge is 2.30. The van der Waals surface area contributed by atoms with Crippen molar-refractivity contribution in [1.29, 1.82) is 0 Å². The van der Waals surface area contributed by atoms with Crippen LogP contribution in [0.1, 0.15) is 32.0 Å². The van der Waals surface area contributed by atoms with Crippen molar-refractivity contribution in [3.8, 4) is 0 Å². The molecular formula is C21H22F3N3O2S. The van der Waals surface area contributed by atoms with Gasteiger partial charge in [0.05, 0.1) is 16.0 Å². The lowest BCUT2D eigenvalue weighted by Gasteiger charge is -2.20. The third-order valence-electron chi connectivity index (χ3n) is 4.15. The maximum Gasteiger partial charge on any atom is 0.416 e. The zero-order valence-corrected chi connectivity index (χ0v) is 17.7. The lowest BCUT2D eigenvalue weighted by molar-refractivity contribution is -0.137. The minimum atomic E-state index is -4.45. The molecule has 0 fully saturated rings. The summed E-state index contributed by atoms with van der Waals surface area (Å²) in [6, 6.07) is 11.3. The normalized spacial score (nSPS) is 12.9. The van der Waals surface area contributed by atoms with Gasteiger partial charge in [-0.05, 0) is 70.2 Å². The Labute approximate surface area is 173 Å². The van der Waals surface area contributed by atoms with E-state index in [-0.39, 0.29) is 10.4 Å². The van der Waals surface area contributed by atoms with Crippen molar-refractivity contribution >= 4 is 32.3 Å². The second-order valence-corrected chi connectivity index (χ2v) is 9.73. The summed E-state index contributed by atoms with van der Waals surface area (Å²) in [5, 5.41) is 3.66. The maximum atomic E-state index is 13.0. The maximum absolute atomic E-state index is 13.0. The fourth-order valence-electron chi connectivity index (χ4n) is 2.98. The van der Waals surface area contributed by atoms with Gasteiger partial charge in [-0.2, -0.15) is 13.2 Å². The summed E-state index contributed by atoms with van der Waals surface area (Å²) < 4.78 is 66.4. The minimum Gasteiger partial charge on any atom is -0.355 e. The van der Waals surface area contributed by atoms with Gasteiger partial charge in [0.1, 0.15) is 0 Å². The van der Waals surface area contributed by atoms with Crippen molar-refractivity contribution < 1.29 is 21.6 Å². The highest BCUT2D eigenvalue weighted by molar-refractivity contribution is 7.89. The molecule has 3 rings (SSSR count). The van der Waals surface area contributed by atoms with E-state index in [2.05, 4.69) is 15.0 Å². The van der Waals surface area contributed by atoms with Crippen LogP contribution in [0.3, 0.4) is 0 Å². The van der Waals surface area contributed by atoms with Crippen LogP contribution in [0.15, 0.2) is 53.4 Å². The predicted molar refractivity (Wildman–Crippen MR) is 111 cm³/mol. The molecule has 3 aromatic rings. The number of fused-ring (bicyclic) bond motifs is 1. The van der Waals surface area contributed by atoms with Crippen LogP contribution in [-0.2, 0) is 16.2 Å². The van der Waals surface area contributed by atoms with Crippen LogP contribution in [0.4, 0.5) is 24.5 Å². The number of rotatable bonds is 4. The zero-order chi connectivity index (χ0) is 22.3. The van der Waals surface area contributed by atoms with Gasteiger partial charge in [-0.1, -0.05) is 6.07 Å². The highest BCUT2D eigenvalue weighted by atomic mass is 32.2. The fraction of sp³-hybridized carbons (Fsp3) is 0.286. The molecule has 0 aliphatic rings. The topological polar surface area (TPSA) is 71.1 Å². The number of sulfonamides is 1. The Morgan fingerprint density at radius 3 is 2.13 bits per heavy atom. The molecule has 0 amide bonds. The summed E-state index contributed by atoms with van der Waals surface area (Å²) >= 11 is 0. The fourth-order valence-corrected chi connectivity index (χ4v) is 4.39. The average molecular weight is 437 g/mol. The largest absolute Gasteiger partial charge is 0.416 e. The Hall–Kier alpha value is -2.65. The summed E-state index contributed by atoms with van der Waals surface area (Å²) in [6.45, 7) is 6.95. The van der Waals surface area contributed by atoms with Crippen LogP contribution in [-0.4, -0.2) is 18.9 Å². The molecule has 2 aromatic carbocycles. The van der Waals surface area contributed by atoms with Gasteiger partial charge in [0, 0.05) is 28.0 Å². The van der Waals surface area contributed by atoms with Gasteiger partial charge in [0.15, 0.2) is 0 Å². The molecule has 30 heavy (non-hydrogen) atoms. The standard InChI is InChI=1S/C21H22F3N3O2S/c1-13-11-18(17-10-5-14(21(22,23)24)12-19(17)25-13)26-15-6-8-16(9-7-15)30(28,29)27-20(2,3)4/h5-12,27H,1-4H3,(H,25,26). The summed E-state index contributed by atoms with van der Waals surface area (Å²) in [7, 11) is -3.66. The molecule has 0 saturated carbocycles. The van der Waals surface area contributed by atoms with E-state index in [0.717, 1.165) is 12.1 Å². The molecular weight excluding hydrogens is 415 g/mol. The molecule has 0 atom stereocenters. The van der Waals surface area contributed by atoms with Crippen molar-refractivity contribution in [3.05, 3.63) is 59.8 Å². The summed E-state index contributed by atoms with van der Waals surface area (Å²) in [4.78, 5) is 4.32. The quantitative estimate of drug-likeness (QED) is 0.575. The summed E-state index contributed by atoms with van der Waals surface area (Å²) in [6.07, 6.45) is -4.45. The Kier molecular flexibility index (Phi) is 5.55. The first kappa shape index (κ1) is 22.0. The second kappa shape index (κ2) is 7.55. The molecule has 0 aliphatic carbocycles. The molecule has 2 N–H and O–H groups in total. The average Bonchev–Trinajstić information content (AvgIpc) is 2.58. The second-order valence-electron chi connectivity index (χ2n) is 8.05. The van der Waals surface area contributed by atoms with Gasteiger partial charge < -0.3 is 5.32 Å². The van der Waals surface area contributed by atoms with Gasteiger partial charge in [-0.3, -0.25) is 4.98 Å². The van der Waals surface area contributed by atoms with E-state index in [9.17, 15) is 21.6 Å². The van der Waals surface area contributed by atoms with Crippen LogP contribution in [0.25, 0.3) is 10.9 Å². The van der Waals surface area contributed by atoms with Gasteiger partial charge in [-0.15, -0.1) is 0 Å². The number of nitrogens with zero attached hydrogens (tertiary/aromatic N) is 1. The number of hydrogen-bond donors (Lipinski definition) is 2. The number of halogens is 3. The molecule has 5 nitrogen and oxygen atoms in total. The van der Waals surface area contributed by atoms with Crippen LogP contribution >= 0.6 is 0 Å². The SMILES string of the molecule is Cc1cc(Nc2ccc(S(=O)(=O)NC(C)(C)C)cc2)c2ccc(C(F)(F)F)cc2n1. The Morgan fingerprint density at radius 1 is 0.933 bits per heavy atom. The lowest BCUT2D eigenvalue weighted by atomic mass is 10.1. The predicted octanol–water partition coefficient (Wildman–Crippen LogP) is 5.38. The Morgan fingerprint density at radius 2 is 1.57 bits per heavy atom. The van der Waals surface area contributed by atoms with Crippen molar-refractivity contribution in [3.63, 3.8) is 0 Å². The number of aryl methyl sites for hydroxylation is 1. The van der Waals surface area contributed by atoms with Crippen molar-refractivity contribution in [1.82, 2.24) is 9.71 Å². The van der Waals surface area contributed by atoms with E-state index in [4.69, 9.17) is 0 Å². The number of alkyl halides is 3. The van der Waals surface area contributed by atoms with E-state index >= 15 is 0 Å². The van der Waals surface area contributed by atoms with Gasteiger partial charge in [0.2, 0.25) is 10.0 Å². The van der Waals surface area contributed by atoms with Crippen molar-refractivity contribution in [2.24, 2.45) is 0 Å². The van der Waals surface area contributed by atoms with Gasteiger partial charge in [-0.25, -0.2) is 13.1 Å². The third kappa shape index (κ3) is 5.09. The van der Waals surface area contributed by atoms with Crippen LogP contribution in [0.5, 0.6) is 0 Å². The van der Waals surface area contributed by atoms with Gasteiger partial charge in [0.25, 0.3) is 0 Å². The summed E-state index contributed by atoms with van der Waals surface area (Å²) in [5.74, 6) is 0. The zero-order valence-electron chi connectivity index (χ0n) is 16.9. The molecule has 0 saturated heterocycles. The first-order valence-corrected chi connectivity index (χ1v) is 10.6. The number of hydrogen-bond acceptors (Lipinski definition) is 4. The molecule has 0 aliphatic heterocycles. The van der Waals surface area contributed by atoms with Crippen LogP contribution in [0, 0.1) is 6.92 Å². The molecule has 1 heterocycles. The molecule has 0 bridgehead atoms. The first-order valence-electron chi connectivity index (χ1n) is 9.14. The smallest absolute Gasteiger partial charge is 0.355 e. The van der Waals surface area contributed by atoms with Crippen LogP contribution in [0.2, 0.25) is 0 Å². The van der Waals surface area contributed by atoms with Gasteiger partial charge >= 0.3 is 6.18 Å². The lowest BCUT2D eigenvalue weighted by Crippen LogP contribution is -2.40. The van der Waals surface area contributed by atoms with Crippen molar-refractivity contribution in [2.75, 3.05) is 5.32 Å². The van der Waals surface area contributed by atoms with E-state index in [1.54, 1.807) is 45.9 Å². The van der Waals surface area contributed by atoms with Crippen LogP contribution < -0.4 is 10.0 Å². The Bertz CT molecular complexity index is 1180. The number of nitrogens with one attached hydrogen (secondary N) is 2. The highest BCUT2D eigenvalue weighted by Crippen LogP contribution is 2.34.